The Morgan fingerprint density at radius 1 is 1.18 bits per heavy atom. The third-order valence-corrected chi connectivity index (χ3v) is 4.50. The summed E-state index contributed by atoms with van der Waals surface area (Å²) in [5.74, 6) is 0.705. The number of hydrogen-bond donors (Lipinski definition) is 1. The van der Waals surface area contributed by atoms with Crippen LogP contribution in [0.25, 0.3) is 0 Å². The second kappa shape index (κ2) is 8.18. The van der Waals surface area contributed by atoms with Gasteiger partial charge in [-0.3, -0.25) is 4.99 Å². The van der Waals surface area contributed by atoms with Gasteiger partial charge in [0.15, 0.2) is 5.96 Å². The van der Waals surface area contributed by atoms with Gasteiger partial charge in [-0.2, -0.15) is 0 Å². The largest absolute Gasteiger partial charge is 0.370 e. The summed E-state index contributed by atoms with van der Waals surface area (Å²) in [6.07, 6.45) is 4.85. The van der Waals surface area contributed by atoms with Crippen molar-refractivity contribution in [1.29, 1.82) is 0 Å². The highest BCUT2D eigenvalue weighted by Gasteiger charge is 2.16. The molecule has 0 amide bonds. The molecule has 4 heteroatoms. The molecule has 2 rings (SSSR count). The molecule has 0 radical (unpaired) electrons. The van der Waals surface area contributed by atoms with Crippen LogP contribution >= 0.6 is 0 Å². The molecule has 0 spiro atoms. The van der Waals surface area contributed by atoms with Gasteiger partial charge in [-0.25, -0.2) is 0 Å². The van der Waals surface area contributed by atoms with Crippen LogP contribution in [0.15, 0.2) is 29.3 Å². The van der Waals surface area contributed by atoms with E-state index in [1.54, 1.807) is 0 Å². The minimum absolute atomic E-state index is 0.272. The van der Waals surface area contributed by atoms with Crippen LogP contribution in [-0.4, -0.2) is 49.5 Å². The number of likely N-dealkylation sites (N-methyl/N-ethyl adjacent to an activating group) is 1. The fourth-order valence-corrected chi connectivity index (χ4v) is 2.95. The number of piperidine rings is 1. The molecule has 122 valence electrons. The minimum atomic E-state index is 0.272. The van der Waals surface area contributed by atoms with Gasteiger partial charge in [0.1, 0.15) is 0 Å². The first-order valence-corrected chi connectivity index (χ1v) is 8.42. The van der Waals surface area contributed by atoms with Crippen LogP contribution in [0.2, 0.25) is 0 Å². The standard InChI is InChI=1S/C18H30N4/c1-4-15-8-10-16(11-9-15)17(21(2)3)14-20-18(19)22-12-6-5-7-13-22/h8-11,17H,4-7,12-14H2,1-3H3,(H2,19,20). The average Bonchev–Trinajstić information content (AvgIpc) is 2.56. The van der Waals surface area contributed by atoms with E-state index in [2.05, 4.69) is 60.1 Å². The minimum Gasteiger partial charge on any atom is -0.370 e. The van der Waals surface area contributed by atoms with Gasteiger partial charge < -0.3 is 15.5 Å². The van der Waals surface area contributed by atoms with Crippen molar-refractivity contribution in [3.8, 4) is 0 Å². The summed E-state index contributed by atoms with van der Waals surface area (Å²) in [5, 5.41) is 0. The van der Waals surface area contributed by atoms with Crippen molar-refractivity contribution >= 4 is 5.96 Å². The molecule has 1 saturated heterocycles. The second-order valence-electron chi connectivity index (χ2n) is 6.32. The molecule has 0 bridgehead atoms. The van der Waals surface area contributed by atoms with Crippen LogP contribution in [-0.2, 0) is 6.42 Å². The van der Waals surface area contributed by atoms with Crippen molar-refractivity contribution in [2.24, 2.45) is 10.7 Å². The molecule has 0 saturated carbocycles. The molecule has 2 N–H and O–H groups in total. The van der Waals surface area contributed by atoms with Crippen molar-refractivity contribution in [1.82, 2.24) is 9.80 Å². The van der Waals surface area contributed by atoms with Crippen molar-refractivity contribution in [2.45, 2.75) is 38.6 Å². The lowest BCUT2D eigenvalue weighted by molar-refractivity contribution is 0.302. The number of hydrogen-bond acceptors (Lipinski definition) is 2. The van der Waals surface area contributed by atoms with E-state index < -0.39 is 0 Å². The van der Waals surface area contributed by atoms with Gasteiger partial charge in [0.2, 0.25) is 0 Å². The predicted octanol–water partition coefficient (Wildman–Crippen LogP) is 2.65. The second-order valence-corrected chi connectivity index (χ2v) is 6.32. The van der Waals surface area contributed by atoms with Crippen LogP contribution in [0, 0.1) is 0 Å². The number of likely N-dealkylation sites (tertiary alicyclic amines) is 1. The zero-order valence-electron chi connectivity index (χ0n) is 14.3. The first kappa shape index (κ1) is 16.8. The van der Waals surface area contributed by atoms with Crippen molar-refractivity contribution in [3.05, 3.63) is 35.4 Å². The summed E-state index contributed by atoms with van der Waals surface area (Å²) in [4.78, 5) is 9.10. The molecule has 1 heterocycles. The molecule has 22 heavy (non-hydrogen) atoms. The van der Waals surface area contributed by atoms with E-state index in [9.17, 15) is 0 Å². The quantitative estimate of drug-likeness (QED) is 0.672. The van der Waals surface area contributed by atoms with Gasteiger partial charge in [-0.1, -0.05) is 31.2 Å². The summed E-state index contributed by atoms with van der Waals surface area (Å²) in [6.45, 7) is 4.99. The van der Waals surface area contributed by atoms with E-state index in [0.29, 0.717) is 12.5 Å². The lowest BCUT2D eigenvalue weighted by Gasteiger charge is -2.29. The number of guanidine groups is 1. The van der Waals surface area contributed by atoms with E-state index in [1.807, 2.05) is 0 Å². The Hall–Kier alpha value is -1.55. The summed E-state index contributed by atoms with van der Waals surface area (Å²) in [6, 6.07) is 9.13. The SMILES string of the molecule is CCc1ccc(C(CN=C(N)N2CCCCC2)N(C)C)cc1. The Bertz CT molecular complexity index is 472. The van der Waals surface area contributed by atoms with E-state index in [1.165, 1.54) is 30.4 Å². The zero-order chi connectivity index (χ0) is 15.9. The zero-order valence-corrected chi connectivity index (χ0v) is 14.3. The highest BCUT2D eigenvalue weighted by atomic mass is 15.3. The van der Waals surface area contributed by atoms with Gasteiger partial charge in [0.05, 0.1) is 12.6 Å². The molecule has 1 atom stereocenters. The Morgan fingerprint density at radius 3 is 2.36 bits per heavy atom. The number of benzene rings is 1. The van der Waals surface area contributed by atoms with Gasteiger partial charge in [-0.05, 0) is 50.9 Å². The summed E-state index contributed by atoms with van der Waals surface area (Å²) in [7, 11) is 4.20. The lowest BCUT2D eigenvalue weighted by atomic mass is 10.0. The topological polar surface area (TPSA) is 44.9 Å². The maximum atomic E-state index is 6.18. The fraction of sp³-hybridized carbons (Fsp3) is 0.611. The fourth-order valence-electron chi connectivity index (χ4n) is 2.95. The Labute approximate surface area is 135 Å². The van der Waals surface area contributed by atoms with Gasteiger partial charge >= 0.3 is 0 Å². The monoisotopic (exact) mass is 302 g/mol. The molecule has 1 aliphatic heterocycles. The normalized spacial score (nSPS) is 17.8. The number of aliphatic imine (C=N–C) groups is 1. The Kier molecular flexibility index (Phi) is 6.25. The summed E-state index contributed by atoms with van der Waals surface area (Å²) in [5.41, 5.74) is 8.85. The van der Waals surface area contributed by atoms with Crippen LogP contribution in [0.3, 0.4) is 0 Å². The molecule has 0 aromatic heterocycles. The van der Waals surface area contributed by atoms with E-state index in [-0.39, 0.29) is 6.04 Å². The lowest BCUT2D eigenvalue weighted by Crippen LogP contribution is -2.41. The average molecular weight is 302 g/mol. The molecule has 4 nitrogen and oxygen atoms in total. The molecule has 1 unspecified atom stereocenters. The number of nitrogens with zero attached hydrogens (tertiary/aromatic N) is 3. The molecule has 1 aromatic rings. The molecular formula is C18H30N4. The van der Waals surface area contributed by atoms with Gasteiger partial charge in [0, 0.05) is 13.1 Å². The Morgan fingerprint density at radius 2 is 1.82 bits per heavy atom. The third-order valence-electron chi connectivity index (χ3n) is 4.50. The number of rotatable bonds is 5. The van der Waals surface area contributed by atoms with E-state index in [4.69, 9.17) is 5.73 Å². The summed E-state index contributed by atoms with van der Waals surface area (Å²) < 4.78 is 0. The third kappa shape index (κ3) is 4.47. The van der Waals surface area contributed by atoms with Crippen LogP contribution < -0.4 is 5.73 Å². The van der Waals surface area contributed by atoms with Crippen molar-refractivity contribution in [3.63, 3.8) is 0 Å². The van der Waals surface area contributed by atoms with Crippen molar-refractivity contribution < 1.29 is 0 Å². The van der Waals surface area contributed by atoms with E-state index in [0.717, 1.165) is 19.5 Å². The van der Waals surface area contributed by atoms with Crippen molar-refractivity contribution in [2.75, 3.05) is 33.7 Å². The Balaban J connectivity index is 2.04. The van der Waals surface area contributed by atoms with Crippen LogP contribution in [0.1, 0.15) is 43.4 Å². The highest BCUT2D eigenvalue weighted by Crippen LogP contribution is 2.20. The maximum Gasteiger partial charge on any atom is 0.191 e. The molecule has 1 aliphatic rings. The molecule has 0 aliphatic carbocycles. The van der Waals surface area contributed by atoms with Gasteiger partial charge in [-0.15, -0.1) is 0 Å². The molecule has 1 aromatic carbocycles. The first-order valence-electron chi connectivity index (χ1n) is 8.42. The van der Waals surface area contributed by atoms with Crippen LogP contribution in [0.5, 0.6) is 0 Å². The first-order chi connectivity index (χ1) is 10.6. The predicted molar refractivity (Wildman–Crippen MR) is 94.2 cm³/mol. The highest BCUT2D eigenvalue weighted by molar-refractivity contribution is 5.78. The maximum absolute atomic E-state index is 6.18. The van der Waals surface area contributed by atoms with E-state index >= 15 is 0 Å². The smallest absolute Gasteiger partial charge is 0.191 e. The number of aryl methyl sites for hydroxylation is 1. The number of nitrogens with two attached hydrogens (primary N) is 1. The molecular weight excluding hydrogens is 272 g/mol. The molecule has 1 fully saturated rings. The summed E-state index contributed by atoms with van der Waals surface area (Å²) >= 11 is 0. The van der Waals surface area contributed by atoms with Gasteiger partial charge in [0.25, 0.3) is 0 Å². The van der Waals surface area contributed by atoms with Crippen LogP contribution in [0.4, 0.5) is 0 Å².